The van der Waals surface area contributed by atoms with Gasteiger partial charge in [-0.15, -0.1) is 0 Å². The highest BCUT2D eigenvalue weighted by molar-refractivity contribution is 6.39. The van der Waals surface area contributed by atoms with E-state index in [1.165, 1.54) is 6.08 Å². The first kappa shape index (κ1) is 20.6. The molecule has 0 aliphatic carbocycles. The quantitative estimate of drug-likeness (QED) is 0.488. The van der Waals surface area contributed by atoms with Crippen LogP contribution in [0.25, 0.3) is 17.4 Å². The van der Waals surface area contributed by atoms with Gasteiger partial charge in [-0.25, -0.2) is 9.69 Å². The molecule has 32 heavy (non-hydrogen) atoms. The molecule has 4 amide bonds. The van der Waals surface area contributed by atoms with E-state index in [4.69, 9.17) is 9.15 Å². The molecule has 1 saturated heterocycles. The second-order valence-corrected chi connectivity index (χ2v) is 6.72. The summed E-state index contributed by atoms with van der Waals surface area (Å²) in [6.07, 6.45) is 1.26. The van der Waals surface area contributed by atoms with E-state index < -0.39 is 17.8 Å². The first-order chi connectivity index (χ1) is 15.5. The lowest BCUT2D eigenvalue weighted by molar-refractivity contribution is -0.122. The van der Waals surface area contributed by atoms with Crippen molar-refractivity contribution in [1.29, 1.82) is 5.26 Å². The zero-order valence-corrected chi connectivity index (χ0v) is 17.0. The van der Waals surface area contributed by atoms with E-state index in [-0.39, 0.29) is 17.0 Å². The molecule has 0 saturated carbocycles. The number of amides is 4. The van der Waals surface area contributed by atoms with Crippen molar-refractivity contribution < 1.29 is 23.5 Å². The Bertz CT molecular complexity index is 1300. The van der Waals surface area contributed by atoms with Gasteiger partial charge in [-0.3, -0.25) is 14.9 Å². The Hall–Kier alpha value is -4.64. The number of hydrogen-bond acceptors (Lipinski definition) is 6. The Balaban J connectivity index is 1.71. The fraction of sp³-hybridized carbons (Fsp3) is 0.0833. The number of carbonyl (C=O) groups excluding carboxylic acids is 3. The third-order valence-electron chi connectivity index (χ3n) is 4.73. The summed E-state index contributed by atoms with van der Waals surface area (Å²) in [4.78, 5) is 38.9. The summed E-state index contributed by atoms with van der Waals surface area (Å²) in [7, 11) is 0. The van der Waals surface area contributed by atoms with Crippen molar-refractivity contribution >= 4 is 29.6 Å². The van der Waals surface area contributed by atoms with Crippen molar-refractivity contribution in [3.63, 3.8) is 0 Å². The molecule has 3 aromatic rings. The number of barbiturate groups is 1. The van der Waals surface area contributed by atoms with E-state index in [0.29, 0.717) is 29.2 Å². The molecule has 1 aliphatic rings. The second kappa shape index (κ2) is 8.62. The molecule has 1 fully saturated rings. The van der Waals surface area contributed by atoms with Crippen LogP contribution in [-0.4, -0.2) is 24.5 Å². The molecule has 1 aliphatic heterocycles. The Kier molecular flexibility index (Phi) is 5.55. The molecule has 0 atom stereocenters. The zero-order chi connectivity index (χ0) is 22.7. The van der Waals surface area contributed by atoms with Crippen molar-refractivity contribution in [2.45, 2.75) is 6.92 Å². The second-order valence-electron chi connectivity index (χ2n) is 6.72. The van der Waals surface area contributed by atoms with Crippen LogP contribution in [0.4, 0.5) is 10.5 Å². The Morgan fingerprint density at radius 1 is 1.06 bits per heavy atom. The maximum atomic E-state index is 13.1. The number of carbonyl (C=O) groups is 3. The molecule has 0 spiro atoms. The molecule has 8 nitrogen and oxygen atoms in total. The number of benzene rings is 2. The summed E-state index contributed by atoms with van der Waals surface area (Å²) in [6, 6.07) is 17.9. The zero-order valence-electron chi connectivity index (χ0n) is 17.0. The van der Waals surface area contributed by atoms with Crippen LogP contribution in [0.3, 0.4) is 0 Å². The van der Waals surface area contributed by atoms with Gasteiger partial charge < -0.3 is 9.15 Å². The first-order valence-corrected chi connectivity index (χ1v) is 9.76. The van der Waals surface area contributed by atoms with Crippen molar-refractivity contribution in [3.8, 4) is 23.1 Å². The van der Waals surface area contributed by atoms with E-state index in [9.17, 15) is 19.6 Å². The highest BCUT2D eigenvalue weighted by Gasteiger charge is 2.38. The topological polar surface area (TPSA) is 113 Å². The molecule has 8 heteroatoms. The number of ether oxygens (including phenoxy) is 1. The van der Waals surface area contributed by atoms with Crippen LogP contribution in [0.1, 0.15) is 18.2 Å². The molecule has 158 valence electrons. The van der Waals surface area contributed by atoms with Crippen molar-refractivity contribution in [1.82, 2.24) is 5.32 Å². The lowest BCUT2D eigenvalue weighted by Gasteiger charge is -2.27. The number of furan rings is 1. The SMILES string of the molecule is CCOc1ccccc1N1C(=O)NC(=O)/C(=C\c2ccc(-c3ccccc3C#N)o2)C1=O. The predicted octanol–water partition coefficient (Wildman–Crippen LogP) is 3.88. The number of imide groups is 2. The van der Waals surface area contributed by atoms with Crippen LogP contribution < -0.4 is 15.0 Å². The number of para-hydroxylation sites is 2. The minimum atomic E-state index is -0.868. The van der Waals surface area contributed by atoms with Gasteiger partial charge in [0.15, 0.2) is 0 Å². The van der Waals surface area contributed by atoms with Gasteiger partial charge in [0.1, 0.15) is 22.8 Å². The van der Waals surface area contributed by atoms with Crippen molar-refractivity contribution in [2.24, 2.45) is 0 Å². The van der Waals surface area contributed by atoms with E-state index in [1.807, 2.05) is 0 Å². The Labute approximate surface area is 183 Å². The van der Waals surface area contributed by atoms with Gasteiger partial charge in [0, 0.05) is 5.56 Å². The maximum Gasteiger partial charge on any atom is 0.336 e. The van der Waals surface area contributed by atoms with Gasteiger partial charge in [-0.1, -0.05) is 24.3 Å². The fourth-order valence-electron chi connectivity index (χ4n) is 3.31. The summed E-state index contributed by atoms with van der Waals surface area (Å²) in [5.41, 5.74) is 0.960. The number of rotatable bonds is 5. The van der Waals surface area contributed by atoms with Crippen molar-refractivity contribution in [2.75, 3.05) is 11.5 Å². The largest absolute Gasteiger partial charge is 0.492 e. The first-order valence-electron chi connectivity index (χ1n) is 9.76. The van der Waals surface area contributed by atoms with Crippen LogP contribution in [0.5, 0.6) is 5.75 Å². The molecule has 0 radical (unpaired) electrons. The third kappa shape index (κ3) is 3.75. The molecule has 0 bridgehead atoms. The Morgan fingerprint density at radius 2 is 1.81 bits per heavy atom. The average Bonchev–Trinajstić information content (AvgIpc) is 3.26. The monoisotopic (exact) mass is 427 g/mol. The maximum absolute atomic E-state index is 13.1. The fourth-order valence-corrected chi connectivity index (χ4v) is 3.31. The number of nitriles is 1. The van der Waals surface area contributed by atoms with Crippen LogP contribution in [0, 0.1) is 11.3 Å². The summed E-state index contributed by atoms with van der Waals surface area (Å²) < 4.78 is 11.3. The van der Waals surface area contributed by atoms with Gasteiger partial charge in [-0.05, 0) is 49.4 Å². The normalized spacial score (nSPS) is 14.9. The average molecular weight is 427 g/mol. The van der Waals surface area contributed by atoms with Gasteiger partial charge in [0.05, 0.1) is 23.9 Å². The van der Waals surface area contributed by atoms with Crippen LogP contribution in [-0.2, 0) is 9.59 Å². The summed E-state index contributed by atoms with van der Waals surface area (Å²) in [6.45, 7) is 2.12. The van der Waals surface area contributed by atoms with Gasteiger partial charge in [-0.2, -0.15) is 5.26 Å². The van der Waals surface area contributed by atoms with Gasteiger partial charge in [0.2, 0.25) is 0 Å². The van der Waals surface area contributed by atoms with Crippen LogP contribution in [0.2, 0.25) is 0 Å². The molecule has 1 aromatic heterocycles. The summed E-state index contributed by atoms with van der Waals surface area (Å²) >= 11 is 0. The van der Waals surface area contributed by atoms with Crippen LogP contribution in [0.15, 0.2) is 70.7 Å². The third-order valence-corrected chi connectivity index (χ3v) is 4.73. The number of urea groups is 1. The molecule has 4 rings (SSSR count). The molecular formula is C24H17N3O5. The molecular weight excluding hydrogens is 410 g/mol. The number of nitrogens with one attached hydrogen (secondary N) is 1. The molecule has 0 unspecified atom stereocenters. The summed E-state index contributed by atoms with van der Waals surface area (Å²) in [5.74, 6) is -0.673. The minimum absolute atomic E-state index is 0.221. The van der Waals surface area contributed by atoms with Crippen LogP contribution >= 0.6 is 0 Å². The predicted molar refractivity (Wildman–Crippen MR) is 115 cm³/mol. The van der Waals surface area contributed by atoms with Crippen molar-refractivity contribution in [3.05, 3.63) is 77.6 Å². The smallest absolute Gasteiger partial charge is 0.336 e. The minimum Gasteiger partial charge on any atom is -0.492 e. The van der Waals surface area contributed by atoms with E-state index in [2.05, 4.69) is 11.4 Å². The summed E-state index contributed by atoms with van der Waals surface area (Å²) in [5, 5.41) is 11.5. The molecule has 2 heterocycles. The van der Waals surface area contributed by atoms with Gasteiger partial charge >= 0.3 is 6.03 Å². The molecule has 2 aromatic carbocycles. The van der Waals surface area contributed by atoms with E-state index in [1.54, 1.807) is 67.6 Å². The number of nitrogens with zero attached hydrogens (tertiary/aromatic N) is 2. The Morgan fingerprint density at radius 3 is 2.59 bits per heavy atom. The lowest BCUT2D eigenvalue weighted by Crippen LogP contribution is -2.54. The van der Waals surface area contributed by atoms with E-state index in [0.717, 1.165) is 4.90 Å². The number of anilines is 1. The molecule has 1 N–H and O–H groups in total. The number of hydrogen-bond donors (Lipinski definition) is 1. The highest BCUT2D eigenvalue weighted by Crippen LogP contribution is 2.32. The van der Waals surface area contributed by atoms with E-state index >= 15 is 0 Å². The standard InChI is InChI=1S/C24H17N3O5/c1-2-31-21-10-6-5-9-19(21)27-23(29)18(22(28)26-24(27)30)13-16-11-12-20(32-16)17-8-4-3-7-15(17)14-25/h3-13H,2H2,1H3,(H,26,28,30)/b18-13+. The lowest BCUT2D eigenvalue weighted by atomic mass is 10.1. The van der Waals surface area contributed by atoms with Gasteiger partial charge in [0.25, 0.3) is 11.8 Å². The highest BCUT2D eigenvalue weighted by atomic mass is 16.5.